The summed E-state index contributed by atoms with van der Waals surface area (Å²) in [6.07, 6.45) is 0.806. The van der Waals surface area contributed by atoms with Gasteiger partial charge >= 0.3 is 5.97 Å². The molecule has 1 aromatic carbocycles. The lowest BCUT2D eigenvalue weighted by atomic mass is 9.78. The Morgan fingerprint density at radius 3 is 2.57 bits per heavy atom. The van der Waals surface area contributed by atoms with Crippen molar-refractivity contribution >= 4 is 11.7 Å². The monoisotopic (exact) mass is 293 g/mol. The van der Waals surface area contributed by atoms with Gasteiger partial charge in [0.05, 0.1) is 0 Å². The quantitative estimate of drug-likeness (QED) is 0.914. The first kappa shape index (κ1) is 15.8. The highest BCUT2D eigenvalue weighted by molar-refractivity contribution is 5.80. The minimum Gasteiger partial charge on any atom is -0.480 e. The molecule has 3 nitrogen and oxygen atoms in total. The summed E-state index contributed by atoms with van der Waals surface area (Å²) in [6, 6.07) is 4.07. The zero-order chi connectivity index (χ0) is 15.9. The molecule has 0 saturated carbocycles. The van der Waals surface area contributed by atoms with Crippen LogP contribution in [0.2, 0.25) is 0 Å². The lowest BCUT2D eigenvalue weighted by Gasteiger charge is -2.51. The van der Waals surface area contributed by atoms with E-state index in [1.807, 2.05) is 18.7 Å². The Labute approximate surface area is 125 Å². The van der Waals surface area contributed by atoms with E-state index < -0.39 is 12.0 Å². The van der Waals surface area contributed by atoms with Crippen molar-refractivity contribution in [2.75, 3.05) is 4.90 Å². The normalized spacial score (nSPS) is 22.0. The summed E-state index contributed by atoms with van der Waals surface area (Å²) in [7, 11) is 0. The molecule has 0 spiro atoms. The molecule has 0 aliphatic carbocycles. The van der Waals surface area contributed by atoms with Gasteiger partial charge in [-0.3, -0.25) is 0 Å². The van der Waals surface area contributed by atoms with Gasteiger partial charge in [-0.1, -0.05) is 20.8 Å². The first-order valence-electron chi connectivity index (χ1n) is 7.46. The van der Waals surface area contributed by atoms with Crippen LogP contribution in [-0.4, -0.2) is 22.7 Å². The van der Waals surface area contributed by atoms with Crippen molar-refractivity contribution in [3.8, 4) is 0 Å². The number of nitrogens with zero attached hydrogens (tertiary/aromatic N) is 1. The number of halogens is 1. The summed E-state index contributed by atoms with van der Waals surface area (Å²) in [6.45, 7) is 10.0. The van der Waals surface area contributed by atoms with Gasteiger partial charge in [0, 0.05) is 11.2 Å². The van der Waals surface area contributed by atoms with Crippen molar-refractivity contribution in [2.24, 2.45) is 5.92 Å². The Balaban J connectivity index is 2.62. The van der Waals surface area contributed by atoms with Crippen LogP contribution in [0.4, 0.5) is 10.1 Å². The molecule has 1 aromatic rings. The van der Waals surface area contributed by atoms with Crippen LogP contribution in [0.25, 0.3) is 0 Å². The average Bonchev–Trinajstić information content (AvgIpc) is 2.33. The molecular weight excluding hydrogens is 269 g/mol. The summed E-state index contributed by atoms with van der Waals surface area (Å²) in [5.41, 5.74) is 1.47. The Hall–Kier alpha value is -1.58. The van der Waals surface area contributed by atoms with Crippen molar-refractivity contribution in [2.45, 2.75) is 58.5 Å². The van der Waals surface area contributed by atoms with Crippen molar-refractivity contribution < 1.29 is 14.3 Å². The van der Waals surface area contributed by atoms with Crippen molar-refractivity contribution in [1.82, 2.24) is 0 Å². The van der Waals surface area contributed by atoms with Crippen LogP contribution in [0.3, 0.4) is 0 Å². The van der Waals surface area contributed by atoms with Gasteiger partial charge in [-0.15, -0.1) is 0 Å². The first-order chi connectivity index (χ1) is 9.65. The van der Waals surface area contributed by atoms with Gasteiger partial charge in [-0.05, 0) is 55.9 Å². The maximum atomic E-state index is 13.6. The molecular formula is C17H24FNO2. The molecule has 116 valence electrons. The molecule has 0 aromatic heterocycles. The molecule has 0 radical (unpaired) electrons. The number of carbonyl (C=O) groups is 1. The van der Waals surface area contributed by atoms with E-state index in [1.54, 1.807) is 12.1 Å². The second kappa shape index (κ2) is 5.32. The number of fused-ring (bicyclic) bond motifs is 1. The number of benzene rings is 1. The van der Waals surface area contributed by atoms with Gasteiger partial charge in [0.25, 0.3) is 0 Å². The SMILES string of the molecule is CC(C)[C@H](C(=O)O)N1c2ccc(F)cc2[C@@H](C)CC1(C)C. The smallest absolute Gasteiger partial charge is 0.326 e. The number of aliphatic carboxylic acids is 1. The summed E-state index contributed by atoms with van der Waals surface area (Å²) in [5.74, 6) is -0.920. The number of hydrogen-bond acceptors (Lipinski definition) is 2. The third kappa shape index (κ3) is 2.76. The molecule has 1 aliphatic heterocycles. The second-order valence-corrected chi connectivity index (χ2v) is 7.02. The lowest BCUT2D eigenvalue weighted by molar-refractivity contribution is -0.140. The van der Waals surface area contributed by atoms with Crippen LogP contribution in [0.5, 0.6) is 0 Å². The van der Waals surface area contributed by atoms with Crippen molar-refractivity contribution in [3.63, 3.8) is 0 Å². The van der Waals surface area contributed by atoms with Crippen LogP contribution in [0, 0.1) is 11.7 Å². The van der Waals surface area contributed by atoms with E-state index in [-0.39, 0.29) is 23.2 Å². The molecule has 0 saturated heterocycles. The molecule has 21 heavy (non-hydrogen) atoms. The van der Waals surface area contributed by atoms with Crippen molar-refractivity contribution in [1.29, 1.82) is 0 Å². The number of hydrogen-bond donors (Lipinski definition) is 1. The van der Waals surface area contributed by atoms with Crippen LogP contribution in [-0.2, 0) is 4.79 Å². The topological polar surface area (TPSA) is 40.5 Å². The first-order valence-corrected chi connectivity index (χ1v) is 7.46. The number of carboxylic acid groups (broad SMARTS) is 1. The number of anilines is 1. The Morgan fingerprint density at radius 1 is 1.43 bits per heavy atom. The third-order valence-electron chi connectivity index (χ3n) is 4.40. The predicted octanol–water partition coefficient (Wildman–Crippen LogP) is 4.03. The maximum Gasteiger partial charge on any atom is 0.326 e. The Kier molecular flexibility index (Phi) is 4.00. The minimum atomic E-state index is -0.831. The summed E-state index contributed by atoms with van der Waals surface area (Å²) in [5, 5.41) is 9.66. The van der Waals surface area contributed by atoms with E-state index in [0.717, 1.165) is 17.7 Å². The molecule has 4 heteroatoms. The zero-order valence-corrected chi connectivity index (χ0v) is 13.4. The van der Waals surface area contributed by atoms with Crippen LogP contribution in [0.15, 0.2) is 18.2 Å². The summed E-state index contributed by atoms with van der Waals surface area (Å²) < 4.78 is 13.6. The third-order valence-corrected chi connectivity index (χ3v) is 4.40. The Bertz CT molecular complexity index is 554. The average molecular weight is 293 g/mol. The van der Waals surface area contributed by atoms with E-state index in [9.17, 15) is 14.3 Å². The van der Waals surface area contributed by atoms with Crippen LogP contribution >= 0.6 is 0 Å². The van der Waals surface area contributed by atoms with Gasteiger partial charge in [-0.25, -0.2) is 9.18 Å². The molecule has 2 rings (SSSR count). The van der Waals surface area contributed by atoms with E-state index in [4.69, 9.17) is 0 Å². The van der Waals surface area contributed by atoms with Gasteiger partial charge in [0.2, 0.25) is 0 Å². The lowest BCUT2D eigenvalue weighted by Crippen LogP contribution is -2.58. The van der Waals surface area contributed by atoms with E-state index in [0.29, 0.717) is 0 Å². The van der Waals surface area contributed by atoms with Gasteiger partial charge in [0.15, 0.2) is 0 Å². The van der Waals surface area contributed by atoms with Crippen LogP contribution in [0.1, 0.15) is 52.5 Å². The highest BCUT2D eigenvalue weighted by Crippen LogP contribution is 2.45. The summed E-state index contributed by atoms with van der Waals surface area (Å²) in [4.78, 5) is 13.7. The number of rotatable bonds is 3. The zero-order valence-electron chi connectivity index (χ0n) is 13.4. The van der Waals surface area contributed by atoms with Gasteiger partial charge in [-0.2, -0.15) is 0 Å². The van der Waals surface area contributed by atoms with Crippen molar-refractivity contribution in [3.05, 3.63) is 29.6 Å². The standard InChI is InChI=1S/C17H24FNO2/c1-10(2)15(16(20)21)19-14-7-6-12(18)8-13(14)11(3)9-17(19,4)5/h6-8,10-11,15H,9H2,1-5H3,(H,20,21)/t11-,15+/m0/s1. The molecule has 1 aliphatic rings. The predicted molar refractivity (Wildman–Crippen MR) is 82.3 cm³/mol. The Morgan fingerprint density at radius 2 is 2.05 bits per heavy atom. The molecule has 0 unspecified atom stereocenters. The fraction of sp³-hybridized carbons (Fsp3) is 0.588. The molecule has 0 amide bonds. The highest BCUT2D eigenvalue weighted by atomic mass is 19.1. The fourth-order valence-electron chi connectivity index (χ4n) is 3.64. The highest BCUT2D eigenvalue weighted by Gasteiger charge is 2.43. The molecule has 2 atom stereocenters. The molecule has 1 N–H and O–H groups in total. The second-order valence-electron chi connectivity index (χ2n) is 7.02. The summed E-state index contributed by atoms with van der Waals surface area (Å²) >= 11 is 0. The molecule has 0 bridgehead atoms. The van der Waals surface area contributed by atoms with E-state index >= 15 is 0 Å². The fourth-order valence-corrected chi connectivity index (χ4v) is 3.64. The molecule has 0 fully saturated rings. The number of carboxylic acids is 1. The maximum absolute atomic E-state index is 13.6. The van der Waals surface area contributed by atoms with E-state index in [1.165, 1.54) is 6.07 Å². The van der Waals surface area contributed by atoms with Crippen LogP contribution < -0.4 is 4.90 Å². The van der Waals surface area contributed by atoms with E-state index in [2.05, 4.69) is 20.8 Å². The van der Waals surface area contributed by atoms with Gasteiger partial charge < -0.3 is 10.0 Å². The van der Waals surface area contributed by atoms with Gasteiger partial charge in [0.1, 0.15) is 11.9 Å². The largest absolute Gasteiger partial charge is 0.480 e. The molecule has 1 heterocycles. The minimum absolute atomic E-state index is 0.0342.